The first-order valence-corrected chi connectivity index (χ1v) is 10.9. The molecule has 2 amide bonds. The molecule has 1 aromatic carbocycles. The van der Waals surface area contributed by atoms with E-state index in [1.54, 1.807) is 0 Å². The number of ether oxygens (including phenoxy) is 3. The normalized spacial score (nSPS) is 22.4. The molecule has 192 valence electrons. The highest BCUT2D eigenvalue weighted by Gasteiger charge is 2.39. The number of rotatable bonds is 7. The zero-order valence-electron chi connectivity index (χ0n) is 18.5. The third kappa shape index (κ3) is 5.33. The first-order valence-electron chi connectivity index (χ1n) is 10.9. The van der Waals surface area contributed by atoms with Crippen LogP contribution in [-0.2, 0) is 23.8 Å². The van der Waals surface area contributed by atoms with Gasteiger partial charge in [-0.25, -0.2) is 18.0 Å². The largest absolute Gasteiger partial charge is 0.459 e. The lowest BCUT2D eigenvalue weighted by Gasteiger charge is -2.29. The predicted octanol–water partition coefficient (Wildman–Crippen LogP) is 1.16. The molecule has 1 aromatic heterocycles. The number of nitrogens with one attached hydrogen (secondary N) is 2. The topological polar surface area (TPSA) is 155 Å². The molecule has 0 saturated carbocycles. The van der Waals surface area contributed by atoms with E-state index in [0.29, 0.717) is 12.5 Å². The van der Waals surface area contributed by atoms with E-state index in [1.807, 2.05) is 0 Å². The van der Waals surface area contributed by atoms with Crippen molar-refractivity contribution in [3.63, 3.8) is 0 Å². The van der Waals surface area contributed by atoms with Gasteiger partial charge in [-0.05, 0) is 37.5 Å². The second kappa shape index (κ2) is 10.4. The number of nitrogens with two attached hydrogens (primary N) is 1. The minimum atomic E-state index is -1.74. The number of benzene rings is 1. The van der Waals surface area contributed by atoms with Crippen molar-refractivity contribution in [1.82, 2.24) is 9.55 Å². The molecule has 1 fully saturated rings. The van der Waals surface area contributed by atoms with Crippen LogP contribution in [0, 0.1) is 17.5 Å². The van der Waals surface area contributed by atoms with Crippen molar-refractivity contribution in [3.05, 3.63) is 74.5 Å². The molecule has 2 aliphatic rings. The van der Waals surface area contributed by atoms with Crippen molar-refractivity contribution < 1.29 is 37.0 Å². The molecule has 4 N–H and O–H groups in total. The van der Waals surface area contributed by atoms with Gasteiger partial charge in [-0.3, -0.25) is 23.9 Å². The molecule has 14 heteroatoms. The maximum atomic E-state index is 13.9. The molecule has 2 aromatic rings. The molecule has 0 radical (unpaired) electrons. The van der Waals surface area contributed by atoms with Gasteiger partial charge >= 0.3 is 5.69 Å². The highest BCUT2D eigenvalue weighted by atomic mass is 19.2. The lowest BCUT2D eigenvalue weighted by atomic mass is 10.1. The summed E-state index contributed by atoms with van der Waals surface area (Å²) in [7, 11) is 0. The molecule has 36 heavy (non-hydrogen) atoms. The van der Waals surface area contributed by atoms with Crippen LogP contribution in [0.5, 0.6) is 0 Å². The van der Waals surface area contributed by atoms with Gasteiger partial charge in [0.25, 0.3) is 11.5 Å². The van der Waals surface area contributed by atoms with Crippen molar-refractivity contribution in [1.29, 1.82) is 0 Å². The highest BCUT2D eigenvalue weighted by Crippen LogP contribution is 2.31. The Labute approximate surface area is 200 Å². The number of amides is 2. The molecule has 4 atom stereocenters. The van der Waals surface area contributed by atoms with Crippen molar-refractivity contribution in [2.75, 3.05) is 5.32 Å². The van der Waals surface area contributed by atoms with E-state index in [9.17, 15) is 32.3 Å². The molecule has 1 saturated heterocycles. The smallest absolute Gasteiger partial charge is 0.330 e. The van der Waals surface area contributed by atoms with Crippen LogP contribution in [0.4, 0.5) is 18.9 Å². The van der Waals surface area contributed by atoms with E-state index < -0.39 is 70.9 Å². The number of aromatic amines is 1. The zero-order chi connectivity index (χ0) is 26.0. The van der Waals surface area contributed by atoms with Crippen LogP contribution in [0.1, 0.15) is 31.9 Å². The van der Waals surface area contributed by atoms with E-state index in [0.717, 1.165) is 12.1 Å². The maximum Gasteiger partial charge on any atom is 0.330 e. The number of H-pyrrole nitrogens is 1. The van der Waals surface area contributed by atoms with Gasteiger partial charge in [-0.1, -0.05) is 0 Å². The summed E-state index contributed by atoms with van der Waals surface area (Å²) in [6, 6.07) is 2.67. The lowest BCUT2D eigenvalue weighted by molar-refractivity contribution is -0.194. The summed E-state index contributed by atoms with van der Waals surface area (Å²) in [5, 5.41) is 2.09. The Morgan fingerprint density at radius 2 is 1.92 bits per heavy atom. The molecule has 4 rings (SSSR count). The van der Waals surface area contributed by atoms with E-state index in [2.05, 4.69) is 10.3 Å². The van der Waals surface area contributed by atoms with Gasteiger partial charge < -0.3 is 25.3 Å². The summed E-state index contributed by atoms with van der Waals surface area (Å²) in [4.78, 5) is 50.0. The summed E-state index contributed by atoms with van der Waals surface area (Å²) in [5.74, 6) is -6.83. The number of nitrogens with zero attached hydrogens (tertiary/aromatic N) is 1. The average Bonchev–Trinajstić information content (AvgIpc) is 3.32. The Morgan fingerprint density at radius 1 is 1.14 bits per heavy atom. The average molecular weight is 510 g/mol. The SMILES string of the molecule is NC(=O)C(O[C@@H]1CCC=C(C(=O)Nc2ccc(F)c(F)c2F)O1)C1CC[C@H](n2ccc(=O)[nH]c2=O)O1. The van der Waals surface area contributed by atoms with Gasteiger partial charge in [0.15, 0.2) is 29.3 Å². The Balaban J connectivity index is 1.40. The maximum absolute atomic E-state index is 13.9. The fourth-order valence-corrected chi connectivity index (χ4v) is 3.88. The quantitative estimate of drug-likeness (QED) is 0.472. The van der Waals surface area contributed by atoms with Gasteiger partial charge in [0.1, 0.15) is 6.23 Å². The number of carbonyl (C=O) groups is 2. The standard InChI is InChI=1S/C22H21F3N4O7/c23-10-4-5-11(18(25)17(10)24)27-21(32)13-2-1-3-16(35-13)36-19(20(26)31)12-6-7-15(34-12)29-9-8-14(30)28-22(29)33/h2,4-5,8-9,12,15-16,19H,1,3,6-7H2,(H2,26,31)(H,27,32)(H,28,30,33)/t12?,15-,16-,19?/m1/s1. The summed E-state index contributed by atoms with van der Waals surface area (Å²) < 4.78 is 58.5. The zero-order valence-corrected chi connectivity index (χ0v) is 18.5. The second-order valence-electron chi connectivity index (χ2n) is 8.05. The number of hydrogen-bond acceptors (Lipinski definition) is 7. The third-order valence-electron chi connectivity index (χ3n) is 5.61. The molecule has 3 heterocycles. The van der Waals surface area contributed by atoms with Crippen LogP contribution in [0.2, 0.25) is 0 Å². The van der Waals surface area contributed by atoms with Crippen LogP contribution in [0.15, 0.2) is 45.8 Å². The molecule has 0 bridgehead atoms. The van der Waals surface area contributed by atoms with Crippen LogP contribution < -0.4 is 22.3 Å². The Bertz CT molecular complexity index is 1330. The molecule has 11 nitrogen and oxygen atoms in total. The number of hydrogen-bond donors (Lipinski definition) is 3. The summed E-state index contributed by atoms with van der Waals surface area (Å²) >= 11 is 0. The number of halogens is 3. The first-order chi connectivity index (χ1) is 17.1. The molecule has 0 spiro atoms. The molecular weight excluding hydrogens is 489 g/mol. The predicted molar refractivity (Wildman–Crippen MR) is 116 cm³/mol. The fraction of sp³-hybridized carbons (Fsp3) is 0.364. The van der Waals surface area contributed by atoms with E-state index >= 15 is 0 Å². The van der Waals surface area contributed by atoms with Gasteiger partial charge in [0.2, 0.25) is 12.2 Å². The number of carbonyl (C=O) groups excluding carboxylic acids is 2. The second-order valence-corrected chi connectivity index (χ2v) is 8.05. The lowest BCUT2D eigenvalue weighted by Crippen LogP contribution is -2.44. The third-order valence-corrected chi connectivity index (χ3v) is 5.61. The molecule has 2 unspecified atom stereocenters. The van der Waals surface area contributed by atoms with Crippen LogP contribution in [0.25, 0.3) is 0 Å². The fourth-order valence-electron chi connectivity index (χ4n) is 3.88. The number of anilines is 1. The van der Waals surface area contributed by atoms with Gasteiger partial charge in [0, 0.05) is 18.7 Å². The Morgan fingerprint density at radius 3 is 2.64 bits per heavy atom. The van der Waals surface area contributed by atoms with E-state index in [1.165, 1.54) is 16.8 Å². The Kier molecular flexibility index (Phi) is 7.26. The summed E-state index contributed by atoms with van der Waals surface area (Å²) in [6.45, 7) is 0. The number of aromatic nitrogens is 2. The Hall–Kier alpha value is -3.91. The first kappa shape index (κ1) is 25.2. The van der Waals surface area contributed by atoms with Crippen molar-refractivity contribution >= 4 is 17.5 Å². The van der Waals surface area contributed by atoms with Gasteiger partial charge in [-0.2, -0.15) is 0 Å². The molecule has 2 aliphatic heterocycles. The van der Waals surface area contributed by atoms with Crippen LogP contribution in [-0.4, -0.2) is 39.9 Å². The summed E-state index contributed by atoms with van der Waals surface area (Å²) in [6.07, 6.45) is -0.265. The van der Waals surface area contributed by atoms with Crippen LogP contribution >= 0.6 is 0 Å². The van der Waals surface area contributed by atoms with E-state index in [4.69, 9.17) is 19.9 Å². The number of allylic oxidation sites excluding steroid dienone is 1. The van der Waals surface area contributed by atoms with Crippen molar-refractivity contribution in [2.45, 2.75) is 50.4 Å². The molecular formula is C22H21F3N4O7. The number of primary amides is 1. The van der Waals surface area contributed by atoms with Crippen molar-refractivity contribution in [2.24, 2.45) is 5.73 Å². The van der Waals surface area contributed by atoms with Gasteiger partial charge in [-0.15, -0.1) is 0 Å². The van der Waals surface area contributed by atoms with Gasteiger partial charge in [0.05, 0.1) is 11.8 Å². The van der Waals surface area contributed by atoms with E-state index in [-0.39, 0.29) is 25.0 Å². The summed E-state index contributed by atoms with van der Waals surface area (Å²) in [5.41, 5.74) is 3.64. The monoisotopic (exact) mass is 510 g/mol. The minimum Gasteiger partial charge on any atom is -0.459 e. The molecule has 0 aliphatic carbocycles. The minimum absolute atomic E-state index is 0.232. The van der Waals surface area contributed by atoms with Crippen molar-refractivity contribution in [3.8, 4) is 0 Å². The highest BCUT2D eigenvalue weighted by molar-refractivity contribution is 6.02. The van der Waals surface area contributed by atoms with Crippen LogP contribution in [0.3, 0.4) is 0 Å².